The third kappa shape index (κ3) is 7.18. The van der Waals surface area contributed by atoms with Gasteiger partial charge in [0.2, 0.25) is 5.91 Å². The first kappa shape index (κ1) is 23.0. The molecule has 0 aliphatic rings. The highest BCUT2D eigenvalue weighted by molar-refractivity contribution is 8.00. The molecule has 7 nitrogen and oxygen atoms in total. The van der Waals surface area contributed by atoms with Gasteiger partial charge in [-0.1, -0.05) is 35.5 Å². The molecule has 1 amide bonds. The molecule has 164 valence electrons. The van der Waals surface area contributed by atoms with Gasteiger partial charge in [0.15, 0.2) is 6.61 Å². The third-order valence-electron chi connectivity index (χ3n) is 4.31. The van der Waals surface area contributed by atoms with Crippen molar-refractivity contribution in [3.05, 3.63) is 65.0 Å². The molecule has 0 N–H and O–H groups in total. The standard InChI is InChI=1S/C22H24ClN3O4S/c1-15-5-4-6-19(13-15)29-14-20-24-25-22(30-20)31-16(2)21(27)26(3)11-12-28-18-9-7-17(23)8-10-18/h4-10,13,16H,11-12,14H2,1-3H3. The molecule has 9 heteroatoms. The number of hydrogen-bond acceptors (Lipinski definition) is 7. The van der Waals surface area contributed by atoms with Crippen molar-refractivity contribution in [2.24, 2.45) is 0 Å². The maximum absolute atomic E-state index is 12.6. The van der Waals surface area contributed by atoms with Crippen molar-refractivity contribution < 1.29 is 18.7 Å². The summed E-state index contributed by atoms with van der Waals surface area (Å²) in [5.41, 5.74) is 1.11. The normalized spacial score (nSPS) is 11.7. The lowest BCUT2D eigenvalue weighted by molar-refractivity contribution is -0.129. The van der Waals surface area contributed by atoms with Crippen LogP contribution in [-0.4, -0.2) is 46.5 Å². The Kier molecular flexibility index (Phi) is 8.20. The smallest absolute Gasteiger partial charge is 0.277 e. The van der Waals surface area contributed by atoms with E-state index in [0.29, 0.717) is 35.0 Å². The lowest BCUT2D eigenvalue weighted by atomic mass is 10.2. The highest BCUT2D eigenvalue weighted by Gasteiger charge is 2.21. The molecule has 0 fully saturated rings. The number of rotatable bonds is 10. The van der Waals surface area contributed by atoms with Crippen LogP contribution in [0.4, 0.5) is 0 Å². The summed E-state index contributed by atoms with van der Waals surface area (Å²) in [4.78, 5) is 14.2. The molecule has 1 unspecified atom stereocenters. The second-order valence-corrected chi connectivity index (χ2v) is 8.62. The van der Waals surface area contributed by atoms with E-state index in [1.807, 2.05) is 31.2 Å². The Morgan fingerprint density at radius 3 is 2.68 bits per heavy atom. The average Bonchev–Trinajstić information content (AvgIpc) is 3.20. The van der Waals surface area contributed by atoms with E-state index in [4.69, 9.17) is 25.5 Å². The second kappa shape index (κ2) is 11.1. The molecule has 1 atom stereocenters. The number of halogens is 1. The van der Waals surface area contributed by atoms with Crippen molar-refractivity contribution in [2.45, 2.75) is 30.9 Å². The fourth-order valence-corrected chi connectivity index (χ4v) is 3.59. The van der Waals surface area contributed by atoms with Crippen LogP contribution < -0.4 is 9.47 Å². The molecular formula is C22H24ClN3O4S. The summed E-state index contributed by atoms with van der Waals surface area (Å²) in [5.74, 6) is 1.74. The summed E-state index contributed by atoms with van der Waals surface area (Å²) in [7, 11) is 1.74. The number of ether oxygens (including phenoxy) is 2. The number of hydrogen-bond donors (Lipinski definition) is 0. The van der Waals surface area contributed by atoms with Gasteiger partial charge in [0.25, 0.3) is 11.1 Å². The fourth-order valence-electron chi connectivity index (χ4n) is 2.65. The molecule has 0 bridgehead atoms. The van der Waals surface area contributed by atoms with Crippen LogP contribution >= 0.6 is 23.4 Å². The van der Waals surface area contributed by atoms with E-state index in [2.05, 4.69) is 10.2 Å². The Morgan fingerprint density at radius 2 is 1.94 bits per heavy atom. The van der Waals surface area contributed by atoms with E-state index in [1.165, 1.54) is 11.8 Å². The molecule has 2 aromatic carbocycles. The van der Waals surface area contributed by atoms with Crippen LogP contribution in [0, 0.1) is 6.92 Å². The fraction of sp³-hybridized carbons (Fsp3) is 0.318. The average molecular weight is 462 g/mol. The van der Waals surface area contributed by atoms with Crippen LogP contribution in [0.5, 0.6) is 11.5 Å². The van der Waals surface area contributed by atoms with Crippen molar-refractivity contribution in [2.75, 3.05) is 20.2 Å². The predicted octanol–water partition coefficient (Wildman–Crippen LogP) is 4.63. The van der Waals surface area contributed by atoms with Crippen molar-refractivity contribution >= 4 is 29.3 Å². The van der Waals surface area contributed by atoms with Gasteiger partial charge in [-0.15, -0.1) is 10.2 Å². The quantitative estimate of drug-likeness (QED) is 0.407. The van der Waals surface area contributed by atoms with Gasteiger partial charge in [-0.25, -0.2) is 0 Å². The molecule has 0 radical (unpaired) electrons. The Morgan fingerprint density at radius 1 is 1.16 bits per heavy atom. The van der Waals surface area contributed by atoms with Gasteiger partial charge < -0.3 is 18.8 Å². The zero-order valence-corrected chi connectivity index (χ0v) is 19.2. The van der Waals surface area contributed by atoms with Gasteiger partial charge in [-0.05, 0) is 55.8 Å². The zero-order valence-electron chi connectivity index (χ0n) is 17.6. The minimum atomic E-state index is -0.383. The van der Waals surface area contributed by atoms with E-state index in [9.17, 15) is 4.79 Å². The summed E-state index contributed by atoms with van der Waals surface area (Å²) in [5, 5.41) is 8.58. The molecule has 0 spiro atoms. The van der Waals surface area contributed by atoms with Gasteiger partial charge in [0.1, 0.15) is 18.1 Å². The summed E-state index contributed by atoms with van der Waals surface area (Å²) >= 11 is 7.07. The van der Waals surface area contributed by atoms with Crippen LogP contribution in [0.1, 0.15) is 18.4 Å². The number of likely N-dealkylation sites (N-methyl/N-ethyl adjacent to an activating group) is 1. The SMILES string of the molecule is Cc1cccc(OCc2nnc(SC(C)C(=O)N(C)CCOc3ccc(Cl)cc3)o2)c1. The number of aryl methyl sites for hydroxylation is 1. The maximum atomic E-state index is 12.6. The summed E-state index contributed by atoms with van der Waals surface area (Å²) in [6.45, 7) is 4.79. The largest absolute Gasteiger partial charge is 0.492 e. The van der Waals surface area contributed by atoms with E-state index in [1.54, 1.807) is 43.1 Å². The molecule has 1 aromatic heterocycles. The molecule has 0 saturated heterocycles. The zero-order chi connectivity index (χ0) is 22.2. The Hall–Kier alpha value is -2.71. The van der Waals surface area contributed by atoms with Crippen molar-refractivity contribution in [3.8, 4) is 11.5 Å². The summed E-state index contributed by atoms with van der Waals surface area (Å²) in [6.07, 6.45) is 0. The minimum Gasteiger partial charge on any atom is -0.492 e. The first-order chi connectivity index (χ1) is 14.9. The van der Waals surface area contributed by atoms with Crippen molar-refractivity contribution in [3.63, 3.8) is 0 Å². The maximum Gasteiger partial charge on any atom is 0.277 e. The van der Waals surface area contributed by atoms with Crippen molar-refractivity contribution in [1.29, 1.82) is 0 Å². The van der Waals surface area contributed by atoms with Crippen LogP contribution in [0.3, 0.4) is 0 Å². The number of thioether (sulfide) groups is 1. The number of carbonyl (C=O) groups is 1. The number of aromatic nitrogens is 2. The van der Waals surface area contributed by atoms with E-state index in [0.717, 1.165) is 11.3 Å². The molecule has 3 rings (SSSR count). The minimum absolute atomic E-state index is 0.0551. The monoisotopic (exact) mass is 461 g/mol. The number of nitrogens with zero attached hydrogens (tertiary/aromatic N) is 3. The molecule has 0 saturated carbocycles. The van der Waals surface area contributed by atoms with Gasteiger partial charge >= 0.3 is 0 Å². The molecule has 0 aliphatic heterocycles. The van der Waals surface area contributed by atoms with Crippen LogP contribution in [0.15, 0.2) is 58.2 Å². The Labute approximate surface area is 190 Å². The summed E-state index contributed by atoms with van der Waals surface area (Å²) in [6, 6.07) is 14.8. The van der Waals surface area contributed by atoms with E-state index in [-0.39, 0.29) is 17.8 Å². The van der Waals surface area contributed by atoms with Gasteiger partial charge in [0.05, 0.1) is 11.8 Å². The number of amides is 1. The molecular weight excluding hydrogens is 438 g/mol. The highest BCUT2D eigenvalue weighted by atomic mass is 35.5. The van der Waals surface area contributed by atoms with Gasteiger partial charge in [-0.3, -0.25) is 4.79 Å². The molecule has 3 aromatic rings. The number of benzene rings is 2. The van der Waals surface area contributed by atoms with Gasteiger partial charge in [0, 0.05) is 12.1 Å². The lowest BCUT2D eigenvalue weighted by Crippen LogP contribution is -2.36. The highest BCUT2D eigenvalue weighted by Crippen LogP contribution is 2.24. The molecule has 31 heavy (non-hydrogen) atoms. The second-order valence-electron chi connectivity index (χ2n) is 6.89. The third-order valence-corrected chi connectivity index (χ3v) is 5.48. The van der Waals surface area contributed by atoms with Gasteiger partial charge in [-0.2, -0.15) is 0 Å². The predicted molar refractivity (Wildman–Crippen MR) is 120 cm³/mol. The first-order valence-corrected chi connectivity index (χ1v) is 11.0. The van der Waals surface area contributed by atoms with Crippen molar-refractivity contribution in [1.82, 2.24) is 15.1 Å². The number of carbonyl (C=O) groups excluding carboxylic acids is 1. The lowest BCUT2D eigenvalue weighted by Gasteiger charge is -2.20. The topological polar surface area (TPSA) is 77.7 Å². The molecule has 1 heterocycles. The summed E-state index contributed by atoms with van der Waals surface area (Å²) < 4.78 is 16.9. The van der Waals surface area contributed by atoms with E-state index >= 15 is 0 Å². The van der Waals surface area contributed by atoms with E-state index < -0.39 is 0 Å². The van der Waals surface area contributed by atoms with Crippen LogP contribution in [-0.2, 0) is 11.4 Å². The molecule has 0 aliphatic carbocycles. The Bertz CT molecular complexity index is 996. The first-order valence-electron chi connectivity index (χ1n) is 9.72. The van der Waals surface area contributed by atoms with Crippen LogP contribution in [0.2, 0.25) is 5.02 Å². The van der Waals surface area contributed by atoms with Crippen LogP contribution in [0.25, 0.3) is 0 Å². The Balaban J connectivity index is 1.42.